The van der Waals surface area contributed by atoms with Crippen LogP contribution in [0.25, 0.3) is 0 Å². The lowest BCUT2D eigenvalue weighted by molar-refractivity contribution is -0.132. The van der Waals surface area contributed by atoms with E-state index in [1.165, 1.54) is 0 Å². The Kier molecular flexibility index (Phi) is 4.87. The number of halogens is 1. The highest BCUT2D eigenvalue weighted by molar-refractivity contribution is 9.12. The number of rotatable bonds is 4. The zero-order valence-corrected chi connectivity index (χ0v) is 12.4. The van der Waals surface area contributed by atoms with Crippen LogP contribution in [0.3, 0.4) is 0 Å². The van der Waals surface area contributed by atoms with Crippen molar-refractivity contribution < 1.29 is 9.59 Å². The maximum atomic E-state index is 12.0. The first-order valence-electron chi connectivity index (χ1n) is 6.01. The molecule has 0 amide bonds. The largest absolute Gasteiger partial charge is 0.285 e. The van der Waals surface area contributed by atoms with Gasteiger partial charge in [-0.25, -0.2) is 0 Å². The molecular formula is C14H19BrO2. The number of hydrogen-bond acceptors (Lipinski definition) is 2. The molecule has 3 heteroatoms. The van der Waals surface area contributed by atoms with E-state index in [0.29, 0.717) is 35.8 Å². The number of carbonyl (C=O) groups is 2. The molecule has 0 saturated carbocycles. The summed E-state index contributed by atoms with van der Waals surface area (Å²) in [5.74, 6) is 0.0978. The number of allylic oxidation sites excluding steroid dienone is 4. The van der Waals surface area contributed by atoms with E-state index in [0.717, 1.165) is 4.48 Å². The van der Waals surface area contributed by atoms with E-state index < -0.39 is 0 Å². The Balaban J connectivity index is 3.04. The lowest BCUT2D eigenvalue weighted by atomic mass is 9.87. The standard InChI is InChI=1S/C14H19BrO2/c1-8(2)5-10-7-12(15)11(6-9(3)4)14(17)13(10)16/h7-9H,5-6H2,1-4H3. The van der Waals surface area contributed by atoms with Gasteiger partial charge in [-0.3, -0.25) is 9.59 Å². The van der Waals surface area contributed by atoms with Crippen LogP contribution in [0, 0.1) is 11.8 Å². The third-order valence-corrected chi connectivity index (χ3v) is 3.31. The van der Waals surface area contributed by atoms with Gasteiger partial charge < -0.3 is 0 Å². The minimum Gasteiger partial charge on any atom is -0.285 e. The Morgan fingerprint density at radius 3 is 2.00 bits per heavy atom. The molecule has 1 rings (SSSR count). The summed E-state index contributed by atoms with van der Waals surface area (Å²) >= 11 is 3.41. The SMILES string of the molecule is CC(C)CC1=CC(Br)=C(CC(C)C)C(=O)C1=O. The molecule has 0 bridgehead atoms. The first kappa shape index (κ1) is 14.4. The van der Waals surface area contributed by atoms with Crippen LogP contribution in [-0.4, -0.2) is 11.6 Å². The Morgan fingerprint density at radius 1 is 1.00 bits per heavy atom. The minimum absolute atomic E-state index is 0.322. The molecule has 0 aromatic carbocycles. The third kappa shape index (κ3) is 3.63. The second-order valence-corrected chi connectivity index (χ2v) is 6.20. The predicted octanol–water partition coefficient (Wildman–Crippen LogP) is 3.81. The number of ketones is 2. The molecule has 0 heterocycles. The van der Waals surface area contributed by atoms with Crippen molar-refractivity contribution in [3.63, 3.8) is 0 Å². The Bertz CT molecular complexity index is 400. The second kappa shape index (κ2) is 5.76. The summed E-state index contributed by atoms with van der Waals surface area (Å²) in [5.41, 5.74) is 1.25. The smallest absolute Gasteiger partial charge is 0.230 e. The van der Waals surface area contributed by atoms with Gasteiger partial charge in [-0.2, -0.15) is 0 Å². The van der Waals surface area contributed by atoms with E-state index in [1.807, 2.05) is 33.8 Å². The molecule has 1 aliphatic rings. The van der Waals surface area contributed by atoms with Gasteiger partial charge in [0.25, 0.3) is 0 Å². The minimum atomic E-state index is -0.330. The lowest BCUT2D eigenvalue weighted by Crippen LogP contribution is -2.24. The fourth-order valence-electron chi connectivity index (χ4n) is 1.89. The highest BCUT2D eigenvalue weighted by Gasteiger charge is 2.29. The fraction of sp³-hybridized carbons (Fsp3) is 0.571. The molecule has 0 aliphatic heterocycles. The average Bonchev–Trinajstić information content (AvgIpc) is 2.20. The zero-order chi connectivity index (χ0) is 13.2. The molecule has 0 radical (unpaired) electrons. The Labute approximate surface area is 111 Å². The van der Waals surface area contributed by atoms with Gasteiger partial charge in [-0.1, -0.05) is 43.6 Å². The average molecular weight is 299 g/mol. The van der Waals surface area contributed by atoms with Crippen LogP contribution in [-0.2, 0) is 9.59 Å². The van der Waals surface area contributed by atoms with E-state index in [-0.39, 0.29) is 11.6 Å². The summed E-state index contributed by atoms with van der Waals surface area (Å²) in [6.07, 6.45) is 3.13. The molecule has 0 aromatic rings. The van der Waals surface area contributed by atoms with Crippen molar-refractivity contribution in [3.05, 3.63) is 21.7 Å². The van der Waals surface area contributed by atoms with Crippen molar-refractivity contribution >= 4 is 27.5 Å². The van der Waals surface area contributed by atoms with Crippen molar-refractivity contribution in [3.8, 4) is 0 Å². The van der Waals surface area contributed by atoms with Crippen LogP contribution in [0.15, 0.2) is 21.7 Å². The molecule has 94 valence electrons. The van der Waals surface area contributed by atoms with Crippen molar-refractivity contribution in [1.82, 2.24) is 0 Å². The fourth-order valence-corrected chi connectivity index (χ4v) is 2.51. The molecule has 17 heavy (non-hydrogen) atoms. The highest BCUT2D eigenvalue weighted by atomic mass is 79.9. The predicted molar refractivity (Wildman–Crippen MR) is 73.0 cm³/mol. The maximum Gasteiger partial charge on any atom is 0.230 e. The molecule has 1 aliphatic carbocycles. The Hall–Kier alpha value is -0.700. The first-order chi connectivity index (χ1) is 7.82. The van der Waals surface area contributed by atoms with Gasteiger partial charge in [0.2, 0.25) is 11.6 Å². The van der Waals surface area contributed by atoms with E-state index in [4.69, 9.17) is 0 Å². The van der Waals surface area contributed by atoms with Crippen molar-refractivity contribution in [2.45, 2.75) is 40.5 Å². The lowest BCUT2D eigenvalue weighted by Gasteiger charge is -2.17. The molecule has 0 spiro atoms. The Morgan fingerprint density at radius 2 is 1.53 bits per heavy atom. The van der Waals surface area contributed by atoms with Crippen molar-refractivity contribution in [2.75, 3.05) is 0 Å². The van der Waals surface area contributed by atoms with Crippen LogP contribution in [0.5, 0.6) is 0 Å². The van der Waals surface area contributed by atoms with Crippen molar-refractivity contribution in [2.24, 2.45) is 11.8 Å². The van der Waals surface area contributed by atoms with E-state index >= 15 is 0 Å². The topological polar surface area (TPSA) is 34.1 Å². The summed E-state index contributed by atoms with van der Waals surface area (Å²) in [4.78, 5) is 23.9. The summed E-state index contributed by atoms with van der Waals surface area (Å²) in [5, 5.41) is 0. The highest BCUT2D eigenvalue weighted by Crippen LogP contribution is 2.30. The summed E-state index contributed by atoms with van der Waals surface area (Å²) in [6, 6.07) is 0. The van der Waals surface area contributed by atoms with E-state index in [1.54, 1.807) is 0 Å². The van der Waals surface area contributed by atoms with Crippen LogP contribution < -0.4 is 0 Å². The van der Waals surface area contributed by atoms with Gasteiger partial charge in [0.15, 0.2) is 0 Å². The molecule has 0 atom stereocenters. The van der Waals surface area contributed by atoms with Crippen LogP contribution in [0.2, 0.25) is 0 Å². The monoisotopic (exact) mass is 298 g/mol. The van der Waals surface area contributed by atoms with Crippen LogP contribution >= 0.6 is 15.9 Å². The summed E-state index contributed by atoms with van der Waals surface area (Å²) in [7, 11) is 0. The quantitative estimate of drug-likeness (QED) is 0.584. The zero-order valence-electron chi connectivity index (χ0n) is 10.8. The van der Waals surface area contributed by atoms with Gasteiger partial charge in [-0.05, 0) is 30.8 Å². The molecule has 0 aromatic heterocycles. The number of Topliss-reactive ketones (excluding diaryl/α,β-unsaturated/α-hetero) is 2. The summed E-state index contributed by atoms with van der Waals surface area (Å²) in [6.45, 7) is 8.16. The molecule has 0 fully saturated rings. The molecule has 0 saturated heterocycles. The normalized spacial score (nSPS) is 17.2. The third-order valence-electron chi connectivity index (χ3n) is 2.60. The number of carbonyl (C=O) groups excluding carboxylic acids is 2. The van der Waals surface area contributed by atoms with Gasteiger partial charge in [-0.15, -0.1) is 0 Å². The molecule has 2 nitrogen and oxygen atoms in total. The second-order valence-electron chi connectivity index (χ2n) is 5.35. The van der Waals surface area contributed by atoms with Crippen LogP contribution in [0.4, 0.5) is 0 Å². The summed E-state index contributed by atoms with van der Waals surface area (Å²) < 4.78 is 0.784. The molecule has 0 N–H and O–H groups in total. The van der Waals surface area contributed by atoms with Gasteiger partial charge >= 0.3 is 0 Å². The van der Waals surface area contributed by atoms with Crippen molar-refractivity contribution in [1.29, 1.82) is 0 Å². The maximum absolute atomic E-state index is 12.0. The van der Waals surface area contributed by atoms with Crippen LogP contribution in [0.1, 0.15) is 40.5 Å². The van der Waals surface area contributed by atoms with Gasteiger partial charge in [0.05, 0.1) is 0 Å². The molecular weight excluding hydrogens is 280 g/mol. The van der Waals surface area contributed by atoms with E-state index in [9.17, 15) is 9.59 Å². The molecule has 0 unspecified atom stereocenters. The van der Waals surface area contributed by atoms with Gasteiger partial charge in [0, 0.05) is 15.6 Å². The first-order valence-corrected chi connectivity index (χ1v) is 6.80. The van der Waals surface area contributed by atoms with Gasteiger partial charge in [0.1, 0.15) is 0 Å². The van der Waals surface area contributed by atoms with E-state index in [2.05, 4.69) is 15.9 Å². The number of hydrogen-bond donors (Lipinski definition) is 0.